The molecule has 1 spiro atoms. The van der Waals surface area contributed by atoms with Gasteiger partial charge in [0.05, 0.1) is 23.4 Å². The van der Waals surface area contributed by atoms with E-state index in [1.807, 2.05) is 24.8 Å². The highest BCUT2D eigenvalue weighted by Crippen LogP contribution is 2.53. The Morgan fingerprint density at radius 2 is 1.83 bits per heavy atom. The molecule has 11 heteroatoms. The van der Waals surface area contributed by atoms with E-state index in [0.717, 1.165) is 4.90 Å². The number of aromatic nitrogens is 3. The monoisotopic (exact) mass is 539 g/mol. The van der Waals surface area contributed by atoms with E-state index in [4.69, 9.17) is 11.6 Å². The fourth-order valence-electron chi connectivity index (χ4n) is 5.54. The van der Waals surface area contributed by atoms with Gasteiger partial charge in [0.25, 0.3) is 0 Å². The van der Waals surface area contributed by atoms with Crippen LogP contribution in [0, 0.1) is 11.3 Å². The van der Waals surface area contributed by atoms with Crippen LogP contribution in [0.25, 0.3) is 0 Å². The molecule has 2 aromatic rings. The number of pyridine rings is 1. The van der Waals surface area contributed by atoms with E-state index in [9.17, 15) is 19.0 Å². The minimum atomic E-state index is -2.54. The largest absolute Gasteiger partial charge is 0.390 e. The Labute approximate surface area is 219 Å². The molecule has 0 atom stereocenters. The summed E-state index contributed by atoms with van der Waals surface area (Å²) in [4.78, 5) is 18.5. The summed E-state index contributed by atoms with van der Waals surface area (Å²) in [6, 6.07) is 1.82. The summed E-state index contributed by atoms with van der Waals surface area (Å²) in [7, 11) is 0. The Hall–Kier alpha value is -1.75. The smallest absolute Gasteiger partial charge is 0.248 e. The van der Waals surface area contributed by atoms with Gasteiger partial charge in [-0.1, -0.05) is 23.4 Å². The third-order valence-corrected chi connectivity index (χ3v) is 9.41. The highest BCUT2D eigenvalue weighted by atomic mass is 35.5. The molecule has 0 unspecified atom stereocenters. The molecule has 0 radical (unpaired) electrons. The van der Waals surface area contributed by atoms with Crippen LogP contribution in [0.2, 0.25) is 5.02 Å². The fraction of sp³-hybridized carbons (Fsp3) is 0.640. The maximum atomic E-state index is 13.8. The Balaban J connectivity index is 1.27. The first-order chi connectivity index (χ1) is 17.0. The van der Waals surface area contributed by atoms with E-state index in [-0.39, 0.29) is 30.8 Å². The summed E-state index contributed by atoms with van der Waals surface area (Å²) in [5, 5.41) is 21.3. The number of anilines is 2. The van der Waals surface area contributed by atoms with E-state index in [0.29, 0.717) is 72.8 Å². The van der Waals surface area contributed by atoms with Crippen LogP contribution in [-0.2, 0) is 6.61 Å². The van der Waals surface area contributed by atoms with Crippen molar-refractivity contribution >= 4 is 35.0 Å². The van der Waals surface area contributed by atoms with Gasteiger partial charge in [0.15, 0.2) is 5.82 Å². The zero-order valence-electron chi connectivity index (χ0n) is 20.6. The summed E-state index contributed by atoms with van der Waals surface area (Å²) >= 11 is 8.04. The third kappa shape index (κ3) is 5.14. The fourth-order valence-corrected chi connectivity index (χ4v) is 6.68. The first-order valence-corrected chi connectivity index (χ1v) is 13.6. The first-order valence-electron chi connectivity index (χ1n) is 12.4. The normalized spacial score (nSPS) is 21.8. The highest BCUT2D eigenvalue weighted by molar-refractivity contribution is 7.99. The number of hydrogen-bond acceptors (Lipinski definition) is 8. The first kappa shape index (κ1) is 25.9. The van der Waals surface area contributed by atoms with Crippen LogP contribution < -0.4 is 9.80 Å². The van der Waals surface area contributed by atoms with Crippen molar-refractivity contribution in [1.29, 1.82) is 0 Å². The van der Waals surface area contributed by atoms with Crippen molar-refractivity contribution in [3.8, 4) is 0 Å². The van der Waals surface area contributed by atoms with E-state index in [2.05, 4.69) is 19.9 Å². The Morgan fingerprint density at radius 3 is 2.44 bits per heavy atom. The molecule has 1 aliphatic carbocycles. The van der Waals surface area contributed by atoms with Gasteiger partial charge < -0.3 is 20.0 Å². The van der Waals surface area contributed by atoms with Gasteiger partial charge in [-0.2, -0.15) is 0 Å². The lowest BCUT2D eigenvalue weighted by atomic mass is 9.77. The van der Waals surface area contributed by atoms with Gasteiger partial charge in [-0.3, -0.25) is 0 Å². The van der Waals surface area contributed by atoms with Crippen molar-refractivity contribution in [3.63, 3.8) is 0 Å². The molecular weight excluding hydrogens is 508 g/mol. The molecule has 2 aliphatic heterocycles. The Morgan fingerprint density at radius 1 is 1.11 bits per heavy atom. The molecule has 2 saturated heterocycles. The van der Waals surface area contributed by atoms with Crippen LogP contribution in [0.3, 0.4) is 0 Å². The molecule has 4 heterocycles. The molecule has 0 amide bonds. The van der Waals surface area contributed by atoms with Crippen LogP contribution in [0.15, 0.2) is 28.4 Å². The summed E-state index contributed by atoms with van der Waals surface area (Å²) < 4.78 is 27.6. The van der Waals surface area contributed by atoms with Crippen molar-refractivity contribution in [3.05, 3.63) is 29.2 Å². The zero-order chi connectivity index (χ0) is 25.7. The van der Waals surface area contributed by atoms with Gasteiger partial charge in [0, 0.05) is 56.0 Å². The number of nitrogens with zero attached hydrogens (tertiary/aromatic N) is 5. The van der Waals surface area contributed by atoms with E-state index >= 15 is 0 Å². The molecule has 2 N–H and O–H groups in total. The summed E-state index contributed by atoms with van der Waals surface area (Å²) in [6.07, 6.45) is 5.30. The molecule has 3 aliphatic rings. The van der Waals surface area contributed by atoms with Crippen molar-refractivity contribution in [2.45, 2.75) is 74.0 Å². The van der Waals surface area contributed by atoms with Gasteiger partial charge in [-0.05, 0) is 44.6 Å². The van der Waals surface area contributed by atoms with Crippen LogP contribution in [0.4, 0.5) is 20.4 Å². The topological polar surface area (TPSA) is 85.6 Å². The number of alkyl halides is 2. The highest BCUT2D eigenvalue weighted by Gasteiger charge is 2.50. The number of rotatable bonds is 6. The quantitative estimate of drug-likeness (QED) is 0.542. The average Bonchev–Trinajstić information content (AvgIpc) is 3.09. The number of piperidine rings is 1. The summed E-state index contributed by atoms with van der Waals surface area (Å²) in [5.74, 6) is -1.10. The molecule has 3 fully saturated rings. The van der Waals surface area contributed by atoms with Crippen LogP contribution in [-0.4, -0.2) is 62.9 Å². The van der Waals surface area contributed by atoms with Crippen molar-refractivity contribution < 1.29 is 19.0 Å². The maximum absolute atomic E-state index is 13.8. The van der Waals surface area contributed by atoms with Gasteiger partial charge in [0.1, 0.15) is 16.5 Å². The molecule has 36 heavy (non-hydrogen) atoms. The molecular formula is C25H32ClF2N5O2S. The summed E-state index contributed by atoms with van der Waals surface area (Å²) in [6.45, 7) is 5.98. The van der Waals surface area contributed by atoms with E-state index in [1.165, 1.54) is 11.8 Å². The van der Waals surface area contributed by atoms with Crippen molar-refractivity contribution in [2.75, 3.05) is 36.0 Å². The number of halogens is 3. The van der Waals surface area contributed by atoms with E-state index in [1.54, 1.807) is 12.4 Å². The van der Waals surface area contributed by atoms with Gasteiger partial charge >= 0.3 is 0 Å². The molecule has 0 bridgehead atoms. The van der Waals surface area contributed by atoms with Crippen LogP contribution >= 0.6 is 23.4 Å². The predicted octanol–water partition coefficient (Wildman–Crippen LogP) is 4.78. The second-order valence-electron chi connectivity index (χ2n) is 11.0. The molecule has 0 aromatic carbocycles. The summed E-state index contributed by atoms with van der Waals surface area (Å²) in [5.41, 5.74) is -0.555. The maximum Gasteiger partial charge on any atom is 0.248 e. The number of aliphatic hydroxyl groups is 2. The standard InChI is InChI=1S/C25H32ClF2N5O2S/c1-23(2,35)16-12-33(13-16)22-20(26)18(3-8-29-22)36-19-11-30-21(17(14-34)31-19)32-9-6-24(7-10-32)4-5-25(27,28)15-24/h3,8,11,16,34-35H,4-7,9-10,12-15H2,1-2H3. The average molecular weight is 540 g/mol. The second-order valence-corrected chi connectivity index (χ2v) is 12.4. The molecule has 7 nitrogen and oxygen atoms in total. The number of hydrogen-bond donors (Lipinski definition) is 2. The molecule has 1 saturated carbocycles. The minimum absolute atomic E-state index is 0.0162. The van der Waals surface area contributed by atoms with Crippen LogP contribution in [0.1, 0.15) is 51.6 Å². The van der Waals surface area contributed by atoms with Gasteiger partial charge in [-0.25, -0.2) is 23.7 Å². The van der Waals surface area contributed by atoms with Crippen LogP contribution in [0.5, 0.6) is 0 Å². The predicted molar refractivity (Wildman–Crippen MR) is 136 cm³/mol. The minimum Gasteiger partial charge on any atom is -0.390 e. The Bertz CT molecular complexity index is 1120. The van der Waals surface area contributed by atoms with E-state index < -0.39 is 11.5 Å². The lowest BCUT2D eigenvalue weighted by molar-refractivity contribution is -0.00686. The lowest BCUT2D eigenvalue weighted by Gasteiger charge is -2.46. The lowest BCUT2D eigenvalue weighted by Crippen LogP contribution is -2.56. The number of aliphatic hydroxyl groups excluding tert-OH is 1. The van der Waals surface area contributed by atoms with Gasteiger partial charge in [-0.15, -0.1) is 0 Å². The Kier molecular flexibility index (Phi) is 6.85. The second kappa shape index (κ2) is 9.53. The molecule has 5 rings (SSSR count). The molecule has 196 valence electrons. The molecule has 2 aromatic heterocycles. The van der Waals surface area contributed by atoms with Crippen molar-refractivity contribution in [2.24, 2.45) is 11.3 Å². The SMILES string of the molecule is CC(C)(O)C1CN(c2nccc(Sc3cnc(N4CCC5(CC4)CCC(F)(F)C5)c(CO)n3)c2Cl)C1. The zero-order valence-corrected chi connectivity index (χ0v) is 22.1. The third-order valence-electron chi connectivity index (χ3n) is 7.96. The van der Waals surface area contributed by atoms with Gasteiger partial charge in [0.2, 0.25) is 5.92 Å². The van der Waals surface area contributed by atoms with Crippen molar-refractivity contribution in [1.82, 2.24) is 15.0 Å².